The van der Waals surface area contributed by atoms with Crippen molar-refractivity contribution in [2.24, 2.45) is 0 Å². The van der Waals surface area contributed by atoms with Crippen molar-refractivity contribution in [2.75, 3.05) is 0 Å². The van der Waals surface area contributed by atoms with Crippen LogP contribution in [0.15, 0.2) is 46.9 Å². The lowest BCUT2D eigenvalue weighted by atomic mass is 10.0. The highest BCUT2D eigenvalue weighted by Crippen LogP contribution is 2.33. The number of benzene rings is 2. The molecule has 0 aliphatic rings. The van der Waals surface area contributed by atoms with Gasteiger partial charge < -0.3 is 0 Å². The molecule has 0 aliphatic heterocycles. The molecule has 2 aromatic carbocycles. The van der Waals surface area contributed by atoms with Gasteiger partial charge in [-0.2, -0.15) is 13.2 Å². The van der Waals surface area contributed by atoms with Crippen LogP contribution in [0.2, 0.25) is 0 Å². The van der Waals surface area contributed by atoms with Crippen LogP contribution in [-0.2, 0) is 19.0 Å². The van der Waals surface area contributed by atoms with Gasteiger partial charge in [0.15, 0.2) is 0 Å². The first kappa shape index (κ1) is 16.5. The van der Waals surface area contributed by atoms with E-state index in [-0.39, 0.29) is 0 Å². The van der Waals surface area contributed by atoms with E-state index in [1.165, 1.54) is 6.07 Å². The third-order valence-corrected chi connectivity index (χ3v) is 3.73. The molecule has 0 fully saturated rings. The number of halogens is 4. The van der Waals surface area contributed by atoms with Crippen LogP contribution in [0.3, 0.4) is 0 Å². The molecule has 0 atom stereocenters. The first-order valence-corrected chi connectivity index (χ1v) is 7.15. The quantitative estimate of drug-likeness (QED) is 0.548. The smallest absolute Gasteiger partial charge is 0.258 e. The standard InChI is InChI=1S/C15H11BrF3NO2/c16-13-7-2-10(3-8-13)1-4-11-5-6-12(15(17,18)19)9-14(11)20(21)22/h2-3,5-9H,1,4H2. The Bertz CT molecular complexity index is 684. The van der Waals surface area contributed by atoms with E-state index >= 15 is 0 Å². The van der Waals surface area contributed by atoms with Crippen LogP contribution in [0.25, 0.3) is 0 Å². The van der Waals surface area contributed by atoms with Gasteiger partial charge in [-0.3, -0.25) is 10.1 Å². The minimum atomic E-state index is -4.59. The number of aryl methyl sites for hydroxylation is 2. The third-order valence-electron chi connectivity index (χ3n) is 3.21. The fourth-order valence-electron chi connectivity index (χ4n) is 2.05. The summed E-state index contributed by atoms with van der Waals surface area (Å²) in [5.74, 6) is 0. The van der Waals surface area contributed by atoms with Gasteiger partial charge >= 0.3 is 6.18 Å². The van der Waals surface area contributed by atoms with Crippen LogP contribution in [0.1, 0.15) is 16.7 Å². The summed E-state index contributed by atoms with van der Waals surface area (Å²) in [6, 6.07) is 10.1. The number of nitrogens with zero attached hydrogens (tertiary/aromatic N) is 1. The summed E-state index contributed by atoms with van der Waals surface area (Å²) in [7, 11) is 0. The topological polar surface area (TPSA) is 43.1 Å². The second kappa shape index (κ2) is 6.48. The Kier molecular flexibility index (Phi) is 4.85. The molecule has 2 rings (SSSR count). The normalized spacial score (nSPS) is 11.5. The molecule has 7 heteroatoms. The van der Waals surface area contributed by atoms with Crippen molar-refractivity contribution in [2.45, 2.75) is 19.0 Å². The predicted octanol–water partition coefficient (Wildman–Crippen LogP) is 5.16. The summed E-state index contributed by atoms with van der Waals surface area (Å²) in [5.41, 5.74) is -0.253. The Balaban J connectivity index is 2.23. The van der Waals surface area contributed by atoms with Crippen molar-refractivity contribution in [3.63, 3.8) is 0 Å². The predicted molar refractivity (Wildman–Crippen MR) is 79.6 cm³/mol. The second-order valence-electron chi connectivity index (χ2n) is 4.72. The number of nitro groups is 1. The number of nitro benzene ring substituents is 1. The zero-order chi connectivity index (χ0) is 16.3. The Morgan fingerprint density at radius 3 is 2.23 bits per heavy atom. The second-order valence-corrected chi connectivity index (χ2v) is 5.64. The molecule has 22 heavy (non-hydrogen) atoms. The molecule has 3 nitrogen and oxygen atoms in total. The average molecular weight is 374 g/mol. The third kappa shape index (κ3) is 4.07. The Labute approximate surface area is 133 Å². The molecule has 0 heterocycles. The van der Waals surface area contributed by atoms with Crippen molar-refractivity contribution in [1.82, 2.24) is 0 Å². The summed E-state index contributed by atoms with van der Waals surface area (Å²) in [4.78, 5) is 10.2. The molecular formula is C15H11BrF3NO2. The zero-order valence-corrected chi connectivity index (χ0v) is 12.8. The van der Waals surface area contributed by atoms with E-state index in [2.05, 4.69) is 15.9 Å². The van der Waals surface area contributed by atoms with E-state index in [4.69, 9.17) is 0 Å². The molecule has 0 spiro atoms. The lowest BCUT2D eigenvalue weighted by molar-refractivity contribution is -0.385. The largest absolute Gasteiger partial charge is 0.416 e. The lowest BCUT2D eigenvalue weighted by Gasteiger charge is -2.09. The van der Waals surface area contributed by atoms with Gasteiger partial charge in [-0.15, -0.1) is 0 Å². The maximum absolute atomic E-state index is 12.6. The molecular weight excluding hydrogens is 363 g/mol. The van der Waals surface area contributed by atoms with E-state index in [0.29, 0.717) is 24.5 Å². The average Bonchev–Trinajstić information content (AvgIpc) is 2.45. The van der Waals surface area contributed by atoms with Crippen molar-refractivity contribution in [3.05, 3.63) is 73.7 Å². The van der Waals surface area contributed by atoms with Gasteiger partial charge in [0.2, 0.25) is 0 Å². The Morgan fingerprint density at radius 2 is 1.68 bits per heavy atom. The molecule has 2 aromatic rings. The summed E-state index contributed by atoms with van der Waals surface area (Å²) in [5, 5.41) is 11.0. The maximum Gasteiger partial charge on any atom is 0.416 e. The van der Waals surface area contributed by atoms with Crippen LogP contribution in [0, 0.1) is 10.1 Å². The van der Waals surface area contributed by atoms with E-state index in [0.717, 1.165) is 16.1 Å². The monoisotopic (exact) mass is 373 g/mol. The fourth-order valence-corrected chi connectivity index (χ4v) is 2.32. The molecule has 0 amide bonds. The molecule has 0 saturated heterocycles. The molecule has 116 valence electrons. The van der Waals surface area contributed by atoms with Crippen LogP contribution in [-0.4, -0.2) is 4.92 Å². The molecule has 0 aromatic heterocycles. The Hall–Kier alpha value is -1.89. The highest BCUT2D eigenvalue weighted by molar-refractivity contribution is 9.10. The van der Waals surface area contributed by atoms with Crippen molar-refractivity contribution in [1.29, 1.82) is 0 Å². The van der Waals surface area contributed by atoms with Gasteiger partial charge in [0, 0.05) is 16.1 Å². The van der Waals surface area contributed by atoms with Crippen LogP contribution >= 0.6 is 15.9 Å². The summed E-state index contributed by atoms with van der Waals surface area (Å²) in [6.07, 6.45) is -3.77. The van der Waals surface area contributed by atoms with Crippen LogP contribution in [0.4, 0.5) is 18.9 Å². The number of alkyl halides is 3. The summed E-state index contributed by atoms with van der Waals surface area (Å²) < 4.78 is 38.8. The van der Waals surface area contributed by atoms with E-state index in [9.17, 15) is 23.3 Å². The van der Waals surface area contributed by atoms with E-state index in [1.54, 1.807) is 0 Å². The minimum Gasteiger partial charge on any atom is -0.258 e. The summed E-state index contributed by atoms with van der Waals surface area (Å²) in [6.45, 7) is 0. The molecule has 0 unspecified atom stereocenters. The molecule has 0 saturated carbocycles. The molecule has 0 bridgehead atoms. The minimum absolute atomic E-state index is 0.293. The molecule has 0 N–H and O–H groups in total. The number of rotatable bonds is 4. The van der Waals surface area contributed by atoms with E-state index < -0.39 is 22.4 Å². The van der Waals surface area contributed by atoms with Gasteiger partial charge in [0.05, 0.1) is 10.5 Å². The van der Waals surface area contributed by atoms with Gasteiger partial charge in [-0.25, -0.2) is 0 Å². The first-order valence-electron chi connectivity index (χ1n) is 6.36. The van der Waals surface area contributed by atoms with Gasteiger partial charge in [-0.05, 0) is 36.6 Å². The van der Waals surface area contributed by atoms with Crippen molar-refractivity contribution >= 4 is 21.6 Å². The number of hydrogen-bond donors (Lipinski definition) is 0. The van der Waals surface area contributed by atoms with Crippen molar-refractivity contribution < 1.29 is 18.1 Å². The van der Waals surface area contributed by atoms with Gasteiger partial charge in [0.25, 0.3) is 5.69 Å². The molecule has 0 radical (unpaired) electrons. The highest BCUT2D eigenvalue weighted by atomic mass is 79.9. The van der Waals surface area contributed by atoms with Gasteiger partial charge in [-0.1, -0.05) is 34.1 Å². The first-order chi connectivity index (χ1) is 10.3. The van der Waals surface area contributed by atoms with Crippen LogP contribution in [0.5, 0.6) is 0 Å². The van der Waals surface area contributed by atoms with Gasteiger partial charge in [0.1, 0.15) is 0 Å². The SMILES string of the molecule is O=[N+]([O-])c1cc(C(F)(F)F)ccc1CCc1ccc(Br)cc1. The highest BCUT2D eigenvalue weighted by Gasteiger charge is 2.32. The fraction of sp³-hybridized carbons (Fsp3) is 0.200. The van der Waals surface area contributed by atoms with Crippen molar-refractivity contribution in [3.8, 4) is 0 Å². The number of hydrogen-bond acceptors (Lipinski definition) is 2. The zero-order valence-electron chi connectivity index (χ0n) is 11.2. The van der Waals surface area contributed by atoms with E-state index in [1.807, 2.05) is 24.3 Å². The lowest BCUT2D eigenvalue weighted by Crippen LogP contribution is -2.07. The maximum atomic E-state index is 12.6. The van der Waals surface area contributed by atoms with Crippen LogP contribution < -0.4 is 0 Å². The molecule has 0 aliphatic carbocycles. The Morgan fingerprint density at radius 1 is 1.05 bits per heavy atom. The summed E-state index contributed by atoms with van der Waals surface area (Å²) >= 11 is 3.30.